The Kier molecular flexibility index (Phi) is 8.41. The van der Waals surface area contributed by atoms with Crippen molar-refractivity contribution in [3.8, 4) is 11.1 Å². The minimum atomic E-state index is 0.861. The van der Waals surface area contributed by atoms with Crippen LogP contribution in [0, 0.1) is 0 Å². The highest BCUT2D eigenvalue weighted by atomic mass is 14.5. The van der Waals surface area contributed by atoms with Crippen molar-refractivity contribution in [3.63, 3.8) is 0 Å². The van der Waals surface area contributed by atoms with Gasteiger partial charge in [0.05, 0.1) is 0 Å². The summed E-state index contributed by atoms with van der Waals surface area (Å²) in [5.41, 5.74) is 7.82. The first-order chi connectivity index (χ1) is 9.38. The first-order valence-corrected chi connectivity index (χ1v) is 7.19. The lowest BCUT2D eigenvalue weighted by atomic mass is 10.1. The van der Waals surface area contributed by atoms with Gasteiger partial charge in [0.25, 0.3) is 0 Å². The zero-order valence-electron chi connectivity index (χ0n) is 11.9. The first kappa shape index (κ1) is 15.5. The molecule has 0 radical (unpaired) electrons. The van der Waals surface area contributed by atoms with Gasteiger partial charge in [0, 0.05) is 0 Å². The molecule has 0 spiro atoms. The maximum atomic E-state index is 5.27. The smallest absolute Gasteiger partial charge is 0.00773 e. The van der Waals surface area contributed by atoms with E-state index in [2.05, 4.69) is 55.5 Å². The van der Waals surface area contributed by atoms with E-state index >= 15 is 0 Å². The van der Waals surface area contributed by atoms with Crippen molar-refractivity contribution >= 4 is 0 Å². The zero-order chi connectivity index (χ0) is 13.8. The van der Waals surface area contributed by atoms with Gasteiger partial charge in [0.2, 0.25) is 0 Å². The number of hydrogen-bond donors (Lipinski definition) is 1. The fraction of sp³-hybridized carbons (Fsp3) is 0.333. The van der Waals surface area contributed by atoms with Gasteiger partial charge in [-0.25, -0.2) is 0 Å². The molecule has 1 nitrogen and oxygen atoms in total. The molecule has 0 amide bonds. The van der Waals surface area contributed by atoms with Crippen molar-refractivity contribution in [2.45, 2.75) is 32.6 Å². The molecule has 0 aliphatic rings. The second kappa shape index (κ2) is 10.3. The molecule has 0 saturated carbocycles. The second-order valence-electron chi connectivity index (χ2n) is 4.58. The molecule has 0 saturated heterocycles. The second-order valence-corrected chi connectivity index (χ2v) is 4.58. The Morgan fingerprint density at radius 1 is 0.684 bits per heavy atom. The van der Waals surface area contributed by atoms with E-state index in [1.165, 1.54) is 36.8 Å². The molecule has 0 heterocycles. The Hall–Kier alpha value is -1.60. The van der Waals surface area contributed by atoms with E-state index in [1.54, 1.807) is 0 Å². The molecule has 0 aliphatic heterocycles. The van der Waals surface area contributed by atoms with Gasteiger partial charge in [-0.1, -0.05) is 86.8 Å². The lowest BCUT2D eigenvalue weighted by Gasteiger charge is -1.98. The Morgan fingerprint density at radius 2 is 1.16 bits per heavy atom. The van der Waals surface area contributed by atoms with Gasteiger partial charge in [-0.3, -0.25) is 0 Å². The third-order valence-electron chi connectivity index (χ3n) is 2.94. The highest BCUT2D eigenvalue weighted by Gasteiger charge is 1.91. The highest BCUT2D eigenvalue weighted by Crippen LogP contribution is 2.17. The summed E-state index contributed by atoms with van der Waals surface area (Å²) in [6, 6.07) is 20.8. The summed E-state index contributed by atoms with van der Waals surface area (Å²) in [5.74, 6) is 0. The monoisotopic (exact) mass is 255 g/mol. The van der Waals surface area contributed by atoms with Crippen LogP contribution in [-0.4, -0.2) is 6.54 Å². The molecule has 2 N–H and O–H groups in total. The van der Waals surface area contributed by atoms with Crippen molar-refractivity contribution in [2.24, 2.45) is 5.73 Å². The molecule has 0 bridgehead atoms. The predicted octanol–water partition coefficient (Wildman–Crippen LogP) is 4.88. The van der Waals surface area contributed by atoms with Crippen molar-refractivity contribution in [1.29, 1.82) is 0 Å². The molecule has 1 heteroatoms. The molecule has 0 aromatic heterocycles. The van der Waals surface area contributed by atoms with Crippen LogP contribution in [0.1, 0.15) is 32.6 Å². The number of hydrogen-bond acceptors (Lipinski definition) is 1. The van der Waals surface area contributed by atoms with Gasteiger partial charge >= 0.3 is 0 Å². The number of benzene rings is 2. The molecule has 2 aromatic rings. The van der Waals surface area contributed by atoms with Gasteiger partial charge in [0.1, 0.15) is 0 Å². The third-order valence-corrected chi connectivity index (χ3v) is 2.94. The zero-order valence-corrected chi connectivity index (χ0v) is 11.9. The quantitative estimate of drug-likeness (QED) is 0.757. The maximum absolute atomic E-state index is 5.27. The summed E-state index contributed by atoms with van der Waals surface area (Å²) in [5, 5.41) is 0. The molecule has 2 aromatic carbocycles. The number of rotatable bonds is 5. The SMILES string of the molecule is CCCCCCN.c1ccc(-c2ccccc2)cc1. The summed E-state index contributed by atoms with van der Waals surface area (Å²) >= 11 is 0. The molecule has 2 rings (SSSR count). The van der Waals surface area contributed by atoms with Gasteiger partial charge < -0.3 is 5.73 Å². The van der Waals surface area contributed by atoms with Crippen molar-refractivity contribution < 1.29 is 0 Å². The Labute approximate surface area is 117 Å². The summed E-state index contributed by atoms with van der Waals surface area (Å²) in [6.45, 7) is 3.07. The minimum absolute atomic E-state index is 0.861. The molecular formula is C18H25N. The van der Waals surface area contributed by atoms with E-state index in [0.29, 0.717) is 0 Å². The third kappa shape index (κ3) is 6.78. The van der Waals surface area contributed by atoms with Gasteiger partial charge in [-0.05, 0) is 24.1 Å². The van der Waals surface area contributed by atoms with Crippen LogP contribution in [0.4, 0.5) is 0 Å². The van der Waals surface area contributed by atoms with Gasteiger partial charge in [-0.15, -0.1) is 0 Å². The summed E-state index contributed by atoms with van der Waals surface area (Å²) in [6.07, 6.45) is 5.16. The molecule has 0 aliphatic carbocycles. The summed E-state index contributed by atoms with van der Waals surface area (Å²) in [7, 11) is 0. The Bertz CT molecular complexity index is 367. The van der Waals surface area contributed by atoms with Crippen LogP contribution in [0.25, 0.3) is 11.1 Å². The molecular weight excluding hydrogens is 230 g/mol. The van der Waals surface area contributed by atoms with E-state index in [9.17, 15) is 0 Å². The normalized spacial score (nSPS) is 9.58. The molecule has 0 unspecified atom stereocenters. The first-order valence-electron chi connectivity index (χ1n) is 7.19. The van der Waals surface area contributed by atoms with E-state index in [4.69, 9.17) is 5.73 Å². The average Bonchev–Trinajstić information content (AvgIpc) is 2.50. The van der Waals surface area contributed by atoms with Crippen molar-refractivity contribution in [3.05, 3.63) is 60.7 Å². The van der Waals surface area contributed by atoms with Crippen LogP contribution >= 0.6 is 0 Å². The summed E-state index contributed by atoms with van der Waals surface area (Å²) < 4.78 is 0. The van der Waals surface area contributed by atoms with Crippen molar-refractivity contribution in [2.75, 3.05) is 6.54 Å². The molecule has 0 atom stereocenters. The van der Waals surface area contributed by atoms with E-state index in [-0.39, 0.29) is 0 Å². The van der Waals surface area contributed by atoms with Crippen LogP contribution in [-0.2, 0) is 0 Å². The topological polar surface area (TPSA) is 26.0 Å². The van der Waals surface area contributed by atoms with Crippen LogP contribution in [0.5, 0.6) is 0 Å². The standard InChI is InChI=1S/C12H10.C6H15N/c1-3-7-11(8-4-1)12-9-5-2-6-10-12;1-2-3-4-5-6-7/h1-10H;2-7H2,1H3. The Balaban J connectivity index is 0.000000224. The predicted molar refractivity (Wildman–Crippen MR) is 85.1 cm³/mol. The minimum Gasteiger partial charge on any atom is -0.330 e. The van der Waals surface area contributed by atoms with E-state index < -0.39 is 0 Å². The highest BCUT2D eigenvalue weighted by molar-refractivity contribution is 5.62. The largest absolute Gasteiger partial charge is 0.330 e. The molecule has 19 heavy (non-hydrogen) atoms. The lowest BCUT2D eigenvalue weighted by molar-refractivity contribution is 0.674. The van der Waals surface area contributed by atoms with E-state index in [1.807, 2.05) is 12.1 Å². The molecule has 0 fully saturated rings. The van der Waals surface area contributed by atoms with Gasteiger partial charge in [0.15, 0.2) is 0 Å². The van der Waals surface area contributed by atoms with Crippen LogP contribution in [0.15, 0.2) is 60.7 Å². The van der Waals surface area contributed by atoms with Crippen LogP contribution < -0.4 is 5.73 Å². The molecule has 102 valence electrons. The Morgan fingerprint density at radius 3 is 1.53 bits per heavy atom. The van der Waals surface area contributed by atoms with Gasteiger partial charge in [-0.2, -0.15) is 0 Å². The van der Waals surface area contributed by atoms with Crippen LogP contribution in [0.2, 0.25) is 0 Å². The average molecular weight is 255 g/mol. The fourth-order valence-corrected chi connectivity index (χ4v) is 1.83. The van der Waals surface area contributed by atoms with Crippen molar-refractivity contribution in [1.82, 2.24) is 0 Å². The fourth-order valence-electron chi connectivity index (χ4n) is 1.83. The maximum Gasteiger partial charge on any atom is -0.00773 e. The summed E-state index contributed by atoms with van der Waals surface area (Å²) in [4.78, 5) is 0. The number of nitrogens with two attached hydrogens (primary N) is 1. The van der Waals surface area contributed by atoms with Crippen LogP contribution in [0.3, 0.4) is 0 Å². The van der Waals surface area contributed by atoms with E-state index in [0.717, 1.165) is 6.54 Å². The number of unbranched alkanes of at least 4 members (excludes halogenated alkanes) is 3. The lowest BCUT2D eigenvalue weighted by Crippen LogP contribution is -1.97.